The van der Waals surface area contributed by atoms with E-state index in [4.69, 9.17) is 11.6 Å². The Morgan fingerprint density at radius 1 is 1.25 bits per heavy atom. The van der Waals surface area contributed by atoms with Crippen LogP contribution in [0.3, 0.4) is 0 Å². The molecule has 0 radical (unpaired) electrons. The van der Waals surface area contributed by atoms with Crippen molar-refractivity contribution in [3.63, 3.8) is 0 Å². The van der Waals surface area contributed by atoms with Gasteiger partial charge in [0, 0.05) is 35.0 Å². The number of carbonyl (C=O) groups excluding carboxylic acids is 2. The second kappa shape index (κ2) is 8.00. The summed E-state index contributed by atoms with van der Waals surface area (Å²) in [6, 6.07) is 5.62. The minimum Gasteiger partial charge on any atom is -0.349 e. The van der Waals surface area contributed by atoms with Crippen LogP contribution in [0.5, 0.6) is 0 Å². The molecular weight excluding hydrogens is 366 g/mol. The van der Waals surface area contributed by atoms with E-state index in [1.54, 1.807) is 4.90 Å². The number of piperidine rings is 1. The molecule has 3 amide bonds. The first kappa shape index (κ1) is 17.3. The smallest absolute Gasteiger partial charge is 0.317 e. The predicted octanol–water partition coefficient (Wildman–Crippen LogP) is 3.57. The molecule has 5 nitrogen and oxygen atoms in total. The Balaban J connectivity index is 1.41. The van der Waals surface area contributed by atoms with E-state index in [1.165, 1.54) is 22.7 Å². The van der Waals surface area contributed by atoms with Gasteiger partial charge in [-0.15, -0.1) is 11.3 Å². The minimum atomic E-state index is -0.0675. The van der Waals surface area contributed by atoms with E-state index < -0.39 is 0 Å². The van der Waals surface area contributed by atoms with Gasteiger partial charge in [0.25, 0.3) is 5.91 Å². The zero-order valence-electron chi connectivity index (χ0n) is 13.0. The van der Waals surface area contributed by atoms with E-state index in [0.29, 0.717) is 25.2 Å². The highest BCUT2D eigenvalue weighted by Gasteiger charge is 2.24. The van der Waals surface area contributed by atoms with Crippen molar-refractivity contribution in [3.8, 4) is 0 Å². The fourth-order valence-corrected chi connectivity index (χ4v) is 4.27. The molecule has 0 saturated carbocycles. The molecule has 0 aromatic carbocycles. The van der Waals surface area contributed by atoms with Crippen LogP contribution >= 0.6 is 34.3 Å². The van der Waals surface area contributed by atoms with Crippen LogP contribution < -0.4 is 10.6 Å². The summed E-state index contributed by atoms with van der Waals surface area (Å²) in [7, 11) is 0. The van der Waals surface area contributed by atoms with Gasteiger partial charge in [-0.1, -0.05) is 11.6 Å². The van der Waals surface area contributed by atoms with Gasteiger partial charge in [-0.05, 0) is 36.4 Å². The maximum absolute atomic E-state index is 12.2. The second-order valence-electron chi connectivity index (χ2n) is 5.61. The van der Waals surface area contributed by atoms with Gasteiger partial charge < -0.3 is 15.5 Å². The van der Waals surface area contributed by atoms with E-state index in [2.05, 4.69) is 10.6 Å². The number of likely N-dealkylation sites (tertiary alicyclic amines) is 1. The maximum atomic E-state index is 12.2. The van der Waals surface area contributed by atoms with Crippen LogP contribution in [0.1, 0.15) is 28.1 Å². The number of nitrogens with zero attached hydrogens (tertiary/aromatic N) is 1. The first-order chi connectivity index (χ1) is 11.6. The SMILES string of the molecule is O=C(NC1CCN(C(=O)NCc2ccc(Cl)s2)CC1)c1ccsc1. The molecular formula is C16H18ClN3O2S2. The number of nitrogens with one attached hydrogen (secondary N) is 2. The fourth-order valence-electron chi connectivity index (χ4n) is 2.61. The van der Waals surface area contributed by atoms with Gasteiger partial charge in [-0.3, -0.25) is 4.79 Å². The standard InChI is InChI=1S/C16H18ClN3O2S2/c17-14-2-1-13(24-14)9-18-16(22)20-6-3-12(4-7-20)19-15(21)11-5-8-23-10-11/h1-2,5,8,10,12H,3-4,6-7,9H2,(H,18,22)(H,19,21). The van der Waals surface area contributed by atoms with Gasteiger partial charge in [0.05, 0.1) is 10.9 Å². The van der Waals surface area contributed by atoms with Gasteiger partial charge in [-0.2, -0.15) is 11.3 Å². The van der Waals surface area contributed by atoms with Crippen molar-refractivity contribution < 1.29 is 9.59 Å². The molecule has 2 aromatic heterocycles. The maximum Gasteiger partial charge on any atom is 0.317 e. The minimum absolute atomic E-state index is 0.0336. The molecule has 128 valence electrons. The Bertz CT molecular complexity index is 694. The van der Waals surface area contributed by atoms with Crippen LogP contribution in [0.4, 0.5) is 4.79 Å². The lowest BCUT2D eigenvalue weighted by molar-refractivity contribution is 0.0918. The Kier molecular flexibility index (Phi) is 5.76. The van der Waals surface area contributed by atoms with Crippen molar-refractivity contribution in [1.82, 2.24) is 15.5 Å². The molecule has 8 heteroatoms. The zero-order chi connectivity index (χ0) is 16.9. The highest BCUT2D eigenvalue weighted by atomic mass is 35.5. The topological polar surface area (TPSA) is 61.4 Å². The quantitative estimate of drug-likeness (QED) is 0.847. The summed E-state index contributed by atoms with van der Waals surface area (Å²) in [6.45, 7) is 1.78. The summed E-state index contributed by atoms with van der Waals surface area (Å²) in [5.41, 5.74) is 0.704. The van der Waals surface area contributed by atoms with Gasteiger partial charge in [0.1, 0.15) is 0 Å². The van der Waals surface area contributed by atoms with Crippen LogP contribution in [0.25, 0.3) is 0 Å². The lowest BCUT2D eigenvalue weighted by Crippen LogP contribution is -2.49. The molecule has 0 unspecified atom stereocenters. The third kappa shape index (κ3) is 4.49. The normalized spacial score (nSPS) is 15.3. The van der Waals surface area contributed by atoms with Crippen LogP contribution in [0, 0.1) is 0 Å². The number of urea groups is 1. The molecule has 3 heterocycles. The monoisotopic (exact) mass is 383 g/mol. The second-order valence-corrected chi connectivity index (χ2v) is 8.19. The molecule has 1 fully saturated rings. The van der Waals surface area contributed by atoms with E-state index in [9.17, 15) is 9.59 Å². The Labute approximate surface area is 153 Å². The molecule has 24 heavy (non-hydrogen) atoms. The Morgan fingerprint density at radius 3 is 2.67 bits per heavy atom. The number of hydrogen-bond acceptors (Lipinski definition) is 4. The molecule has 0 atom stereocenters. The number of halogens is 1. The molecule has 0 spiro atoms. The first-order valence-corrected chi connectivity index (χ1v) is 9.85. The summed E-state index contributed by atoms with van der Waals surface area (Å²) in [6.07, 6.45) is 1.54. The van der Waals surface area contributed by atoms with Gasteiger partial charge in [-0.25, -0.2) is 4.79 Å². The highest BCUT2D eigenvalue weighted by molar-refractivity contribution is 7.16. The fraction of sp³-hybridized carbons (Fsp3) is 0.375. The van der Waals surface area contributed by atoms with Crippen molar-refractivity contribution in [2.24, 2.45) is 0 Å². The number of carbonyl (C=O) groups is 2. The lowest BCUT2D eigenvalue weighted by atomic mass is 10.0. The molecule has 1 saturated heterocycles. The summed E-state index contributed by atoms with van der Waals surface area (Å²) in [5.74, 6) is -0.0336. The van der Waals surface area contributed by atoms with E-state index in [0.717, 1.165) is 22.1 Å². The largest absolute Gasteiger partial charge is 0.349 e. The van der Waals surface area contributed by atoms with Gasteiger partial charge >= 0.3 is 6.03 Å². The number of hydrogen-bond donors (Lipinski definition) is 2. The average molecular weight is 384 g/mol. The summed E-state index contributed by atoms with van der Waals surface area (Å²) in [5, 5.41) is 9.68. The van der Waals surface area contributed by atoms with Crippen LogP contribution in [0.2, 0.25) is 4.34 Å². The average Bonchev–Trinajstić information content (AvgIpc) is 3.25. The van der Waals surface area contributed by atoms with Crippen molar-refractivity contribution in [3.05, 3.63) is 43.7 Å². The predicted molar refractivity (Wildman–Crippen MR) is 97.9 cm³/mol. The number of thiophene rings is 2. The summed E-state index contributed by atoms with van der Waals surface area (Å²) in [4.78, 5) is 27.1. The van der Waals surface area contributed by atoms with Gasteiger partial charge in [0.2, 0.25) is 0 Å². The molecule has 1 aliphatic rings. The lowest BCUT2D eigenvalue weighted by Gasteiger charge is -2.32. The zero-order valence-corrected chi connectivity index (χ0v) is 15.3. The summed E-state index contributed by atoms with van der Waals surface area (Å²) < 4.78 is 0.724. The van der Waals surface area contributed by atoms with Gasteiger partial charge in [0.15, 0.2) is 0 Å². The third-order valence-corrected chi connectivity index (χ3v) is 5.86. The number of rotatable bonds is 4. The van der Waals surface area contributed by atoms with E-state index >= 15 is 0 Å². The van der Waals surface area contributed by atoms with Crippen LogP contribution in [-0.4, -0.2) is 36.0 Å². The van der Waals surface area contributed by atoms with Crippen molar-refractivity contribution in [2.45, 2.75) is 25.4 Å². The summed E-state index contributed by atoms with van der Waals surface area (Å²) >= 11 is 8.86. The molecule has 3 rings (SSSR count). The van der Waals surface area contributed by atoms with Crippen LogP contribution in [0.15, 0.2) is 29.0 Å². The number of amides is 3. The van der Waals surface area contributed by atoms with E-state index in [-0.39, 0.29) is 18.0 Å². The molecule has 1 aliphatic heterocycles. The highest BCUT2D eigenvalue weighted by Crippen LogP contribution is 2.21. The Morgan fingerprint density at radius 2 is 2.04 bits per heavy atom. The first-order valence-electron chi connectivity index (χ1n) is 7.72. The van der Waals surface area contributed by atoms with Crippen molar-refractivity contribution in [1.29, 1.82) is 0 Å². The Hall–Kier alpha value is -1.57. The third-order valence-electron chi connectivity index (χ3n) is 3.94. The molecule has 0 aliphatic carbocycles. The van der Waals surface area contributed by atoms with Crippen molar-refractivity contribution >= 4 is 46.2 Å². The van der Waals surface area contributed by atoms with Crippen molar-refractivity contribution in [2.75, 3.05) is 13.1 Å². The molecule has 2 aromatic rings. The molecule has 2 N–H and O–H groups in total. The van der Waals surface area contributed by atoms with E-state index in [1.807, 2.05) is 29.0 Å². The van der Waals surface area contributed by atoms with Crippen LogP contribution in [-0.2, 0) is 6.54 Å². The molecule has 0 bridgehead atoms.